The molecule has 2 aromatic carbocycles. The Kier molecular flexibility index (Phi) is 4.32. The topological polar surface area (TPSA) is 75.3 Å². The molecule has 3 aliphatic rings. The molecule has 136 valence electrons. The maximum atomic E-state index is 12.0. The average Bonchev–Trinajstić information content (AvgIpc) is 2.64. The Morgan fingerprint density at radius 2 is 1.54 bits per heavy atom. The van der Waals surface area contributed by atoms with Gasteiger partial charge < -0.3 is 5.32 Å². The molecule has 0 radical (unpaired) electrons. The van der Waals surface area contributed by atoms with Gasteiger partial charge in [-0.25, -0.2) is 13.1 Å². The third kappa shape index (κ3) is 3.15. The standard InChI is InChI=1S/C20H22N2O3S/c1-26(24,25)22-12-19(23)21-11-13-10-18-14-6-2-4-8-16(14)20(13)17-9-5-3-7-15(17)18/h2-9,13,18,20,22H,10-12H2,1H3,(H,21,23)/t13-,18?,20?/m1/s1. The van der Waals surface area contributed by atoms with Crippen LogP contribution in [0.5, 0.6) is 0 Å². The number of hydrogen-bond acceptors (Lipinski definition) is 3. The van der Waals surface area contributed by atoms with E-state index in [4.69, 9.17) is 0 Å². The zero-order chi connectivity index (χ0) is 18.3. The zero-order valence-corrected chi connectivity index (χ0v) is 15.4. The highest BCUT2D eigenvalue weighted by Crippen LogP contribution is 2.54. The highest BCUT2D eigenvalue weighted by molar-refractivity contribution is 7.88. The van der Waals surface area contributed by atoms with Gasteiger partial charge in [-0.05, 0) is 34.6 Å². The van der Waals surface area contributed by atoms with Crippen LogP contribution in [-0.2, 0) is 14.8 Å². The average molecular weight is 370 g/mol. The quantitative estimate of drug-likeness (QED) is 0.845. The van der Waals surface area contributed by atoms with E-state index in [2.05, 4.69) is 58.6 Å². The van der Waals surface area contributed by atoms with Gasteiger partial charge in [0.2, 0.25) is 15.9 Å². The maximum absolute atomic E-state index is 12.0. The molecule has 3 aliphatic carbocycles. The fraction of sp³-hybridized carbons (Fsp3) is 0.350. The highest BCUT2D eigenvalue weighted by Gasteiger charge is 2.42. The molecule has 26 heavy (non-hydrogen) atoms. The van der Waals surface area contributed by atoms with Crippen LogP contribution < -0.4 is 10.0 Å². The van der Waals surface area contributed by atoms with Gasteiger partial charge in [-0.3, -0.25) is 4.79 Å². The normalized spacial score (nSPS) is 23.2. The molecule has 5 nitrogen and oxygen atoms in total. The Hall–Kier alpha value is -2.18. The minimum Gasteiger partial charge on any atom is -0.355 e. The van der Waals surface area contributed by atoms with Gasteiger partial charge in [-0.15, -0.1) is 0 Å². The van der Waals surface area contributed by atoms with Gasteiger partial charge in [-0.2, -0.15) is 0 Å². The molecule has 6 heteroatoms. The van der Waals surface area contributed by atoms with Crippen LogP contribution in [0.4, 0.5) is 0 Å². The highest BCUT2D eigenvalue weighted by atomic mass is 32.2. The van der Waals surface area contributed by atoms with Crippen molar-refractivity contribution >= 4 is 15.9 Å². The Balaban J connectivity index is 1.54. The Bertz CT molecular complexity index is 908. The summed E-state index contributed by atoms with van der Waals surface area (Å²) >= 11 is 0. The first-order valence-corrected chi connectivity index (χ1v) is 10.7. The second-order valence-corrected chi connectivity index (χ2v) is 9.01. The third-order valence-corrected chi connectivity index (χ3v) is 6.15. The van der Waals surface area contributed by atoms with E-state index in [1.165, 1.54) is 22.3 Å². The van der Waals surface area contributed by atoms with Gasteiger partial charge in [0.1, 0.15) is 0 Å². The summed E-state index contributed by atoms with van der Waals surface area (Å²) < 4.78 is 24.5. The van der Waals surface area contributed by atoms with E-state index in [0.29, 0.717) is 18.4 Å². The maximum Gasteiger partial charge on any atom is 0.235 e. The molecule has 1 atom stereocenters. The summed E-state index contributed by atoms with van der Waals surface area (Å²) in [5.74, 6) is 0.657. The second-order valence-electron chi connectivity index (χ2n) is 7.18. The van der Waals surface area contributed by atoms with Crippen molar-refractivity contribution in [1.82, 2.24) is 10.0 Å². The Labute approximate surface area is 153 Å². The third-order valence-electron chi connectivity index (χ3n) is 5.48. The molecular formula is C20H22N2O3S. The smallest absolute Gasteiger partial charge is 0.235 e. The van der Waals surface area contributed by atoms with Crippen molar-refractivity contribution in [3.05, 3.63) is 70.8 Å². The number of fused-ring (bicyclic) bond motifs is 1. The van der Waals surface area contributed by atoms with E-state index in [0.717, 1.165) is 12.7 Å². The Morgan fingerprint density at radius 3 is 2.08 bits per heavy atom. The molecule has 1 amide bonds. The summed E-state index contributed by atoms with van der Waals surface area (Å²) in [6.07, 6.45) is 2.05. The number of rotatable bonds is 5. The number of carbonyl (C=O) groups is 1. The first kappa shape index (κ1) is 17.2. The van der Waals surface area contributed by atoms with E-state index in [1.807, 2.05) is 0 Å². The molecule has 0 fully saturated rings. The van der Waals surface area contributed by atoms with Gasteiger partial charge in [0.15, 0.2) is 0 Å². The van der Waals surface area contributed by atoms with Gasteiger partial charge in [0, 0.05) is 18.4 Å². The molecule has 2 N–H and O–H groups in total. The molecule has 0 spiro atoms. The van der Waals surface area contributed by atoms with Crippen LogP contribution in [0.15, 0.2) is 48.5 Å². The monoisotopic (exact) mass is 370 g/mol. The van der Waals surface area contributed by atoms with Gasteiger partial charge in [0.05, 0.1) is 12.8 Å². The van der Waals surface area contributed by atoms with E-state index >= 15 is 0 Å². The summed E-state index contributed by atoms with van der Waals surface area (Å²) in [6, 6.07) is 17.2. The van der Waals surface area contributed by atoms with Crippen LogP contribution in [0.1, 0.15) is 40.5 Å². The molecule has 2 bridgehead atoms. The van der Waals surface area contributed by atoms with Crippen molar-refractivity contribution in [3.63, 3.8) is 0 Å². The van der Waals surface area contributed by atoms with Crippen LogP contribution in [0, 0.1) is 5.92 Å². The van der Waals surface area contributed by atoms with Crippen molar-refractivity contribution in [2.24, 2.45) is 5.92 Å². The minimum absolute atomic E-state index is 0.215. The van der Waals surface area contributed by atoms with Crippen LogP contribution >= 0.6 is 0 Å². The summed E-state index contributed by atoms with van der Waals surface area (Å²) in [6.45, 7) is 0.334. The molecule has 0 aliphatic heterocycles. The van der Waals surface area contributed by atoms with Crippen molar-refractivity contribution < 1.29 is 13.2 Å². The molecule has 0 saturated carbocycles. The second kappa shape index (κ2) is 6.52. The molecule has 2 aromatic rings. The first-order chi connectivity index (χ1) is 12.4. The van der Waals surface area contributed by atoms with Gasteiger partial charge >= 0.3 is 0 Å². The molecular weight excluding hydrogens is 348 g/mol. The summed E-state index contributed by atoms with van der Waals surface area (Å²) in [5.41, 5.74) is 5.52. The van der Waals surface area contributed by atoms with Gasteiger partial charge in [-0.1, -0.05) is 48.5 Å². The number of amides is 1. The lowest BCUT2D eigenvalue weighted by Gasteiger charge is -2.45. The van der Waals surface area contributed by atoms with E-state index < -0.39 is 10.0 Å². The lowest BCUT2D eigenvalue weighted by Crippen LogP contribution is -2.42. The van der Waals surface area contributed by atoms with Crippen LogP contribution in [0.3, 0.4) is 0 Å². The lowest BCUT2D eigenvalue weighted by atomic mass is 9.59. The summed E-state index contributed by atoms with van der Waals surface area (Å²) in [4.78, 5) is 12.0. The SMILES string of the molecule is CS(=O)(=O)NCC(=O)NC[C@H]1CC2c3ccccc3C1c1ccccc12. The van der Waals surface area contributed by atoms with E-state index in [1.54, 1.807) is 0 Å². The number of carbonyl (C=O) groups excluding carboxylic acids is 1. The Morgan fingerprint density at radius 1 is 1.00 bits per heavy atom. The first-order valence-electron chi connectivity index (χ1n) is 8.83. The van der Waals surface area contributed by atoms with Crippen molar-refractivity contribution in [1.29, 1.82) is 0 Å². The van der Waals surface area contributed by atoms with Crippen molar-refractivity contribution in [2.75, 3.05) is 19.3 Å². The van der Waals surface area contributed by atoms with Crippen molar-refractivity contribution in [3.8, 4) is 0 Å². The fourth-order valence-electron chi connectivity index (χ4n) is 4.46. The fourth-order valence-corrected chi connectivity index (χ4v) is 4.86. The zero-order valence-electron chi connectivity index (χ0n) is 14.6. The van der Waals surface area contributed by atoms with E-state index in [9.17, 15) is 13.2 Å². The molecule has 5 rings (SSSR count). The van der Waals surface area contributed by atoms with Crippen LogP contribution in [-0.4, -0.2) is 33.7 Å². The number of benzene rings is 2. The predicted molar refractivity (Wildman–Crippen MR) is 101 cm³/mol. The number of nitrogens with one attached hydrogen (secondary N) is 2. The number of hydrogen-bond donors (Lipinski definition) is 2. The van der Waals surface area contributed by atoms with Gasteiger partial charge in [0.25, 0.3) is 0 Å². The molecule has 0 heterocycles. The molecule has 0 saturated heterocycles. The van der Waals surface area contributed by atoms with Crippen molar-refractivity contribution in [2.45, 2.75) is 18.3 Å². The summed E-state index contributed by atoms with van der Waals surface area (Å²) in [7, 11) is -3.36. The minimum atomic E-state index is -3.36. The lowest BCUT2D eigenvalue weighted by molar-refractivity contribution is -0.120. The van der Waals surface area contributed by atoms with E-state index in [-0.39, 0.29) is 18.4 Å². The predicted octanol–water partition coefficient (Wildman–Crippen LogP) is 1.95. The van der Waals surface area contributed by atoms with Crippen LogP contribution in [0.2, 0.25) is 0 Å². The van der Waals surface area contributed by atoms with Crippen LogP contribution in [0.25, 0.3) is 0 Å². The summed E-state index contributed by atoms with van der Waals surface area (Å²) in [5, 5.41) is 2.91. The number of sulfonamides is 1. The largest absolute Gasteiger partial charge is 0.355 e. The molecule has 0 aromatic heterocycles. The molecule has 0 unspecified atom stereocenters.